The van der Waals surface area contributed by atoms with Gasteiger partial charge in [0.25, 0.3) is 0 Å². The Morgan fingerprint density at radius 1 is 0.958 bits per heavy atom. The first-order valence-corrected chi connectivity index (χ1v) is 8.90. The van der Waals surface area contributed by atoms with E-state index in [1.807, 2.05) is 25.7 Å². The normalized spacial score (nSPS) is 13.5. The summed E-state index contributed by atoms with van der Waals surface area (Å²) >= 11 is 0. The van der Waals surface area contributed by atoms with Gasteiger partial charge in [0, 0.05) is 30.6 Å². The molecule has 24 heavy (non-hydrogen) atoms. The molecule has 0 radical (unpaired) electrons. The van der Waals surface area contributed by atoms with E-state index < -0.39 is 5.41 Å². The summed E-state index contributed by atoms with van der Waals surface area (Å²) in [5, 5.41) is 8.82. The average Bonchev–Trinajstić information content (AvgIpc) is 2.38. The van der Waals surface area contributed by atoms with Gasteiger partial charge in [-0.2, -0.15) is 0 Å². The Morgan fingerprint density at radius 3 is 1.92 bits per heavy atom. The first-order valence-electron chi connectivity index (χ1n) is 8.90. The molecule has 0 spiro atoms. The van der Waals surface area contributed by atoms with Crippen LogP contribution in [0.25, 0.3) is 0 Å². The van der Waals surface area contributed by atoms with Crippen LogP contribution < -0.4 is 0 Å². The van der Waals surface area contributed by atoms with Gasteiger partial charge in [0.1, 0.15) is 0 Å². The lowest BCUT2D eigenvalue weighted by Gasteiger charge is -2.41. The molecular weight excluding hydrogens is 304 g/mol. The van der Waals surface area contributed by atoms with Crippen LogP contribution >= 0.6 is 0 Å². The molecule has 0 atom stereocenters. The maximum Gasteiger partial charge on any atom is 0.228 e. The highest BCUT2D eigenvalue weighted by Crippen LogP contribution is 2.25. The van der Waals surface area contributed by atoms with Crippen LogP contribution in [0, 0.1) is 10.8 Å². The number of carbonyl (C=O) groups excluding carboxylic acids is 1. The van der Waals surface area contributed by atoms with E-state index in [1.54, 1.807) is 0 Å². The van der Waals surface area contributed by atoms with Gasteiger partial charge in [-0.3, -0.25) is 4.79 Å². The third kappa shape index (κ3) is 9.00. The second-order valence-electron chi connectivity index (χ2n) is 9.50. The fourth-order valence-electron chi connectivity index (χ4n) is 2.51. The van der Waals surface area contributed by atoms with Gasteiger partial charge in [-0.15, -0.1) is 0 Å². The number of nitrogens with zero attached hydrogens (tertiary/aromatic N) is 2. The molecule has 0 aromatic heterocycles. The van der Waals surface area contributed by atoms with Crippen molar-refractivity contribution in [3.63, 3.8) is 0 Å². The number of ether oxygens (including phenoxy) is 1. The van der Waals surface area contributed by atoms with Gasteiger partial charge >= 0.3 is 0 Å². The summed E-state index contributed by atoms with van der Waals surface area (Å²) in [5.74, 6) is 0.140. The lowest BCUT2D eigenvalue weighted by atomic mass is 9.88. The van der Waals surface area contributed by atoms with Gasteiger partial charge in [-0.25, -0.2) is 0 Å². The van der Waals surface area contributed by atoms with Crippen LogP contribution in [0.4, 0.5) is 0 Å². The fraction of sp³-hybridized carbons (Fsp3) is 0.947. The van der Waals surface area contributed by atoms with Gasteiger partial charge < -0.3 is 19.6 Å². The molecule has 1 N–H and O–H groups in total. The van der Waals surface area contributed by atoms with Gasteiger partial charge in [0.2, 0.25) is 5.91 Å². The lowest BCUT2D eigenvalue weighted by Crippen LogP contribution is -2.50. The zero-order valence-corrected chi connectivity index (χ0v) is 17.4. The predicted molar refractivity (Wildman–Crippen MR) is 100 cm³/mol. The highest BCUT2D eigenvalue weighted by atomic mass is 16.5. The summed E-state index contributed by atoms with van der Waals surface area (Å²) < 4.78 is 5.37. The third-order valence-corrected chi connectivity index (χ3v) is 4.10. The molecule has 0 rings (SSSR count). The fourth-order valence-corrected chi connectivity index (χ4v) is 2.51. The molecule has 0 fully saturated rings. The van der Waals surface area contributed by atoms with Gasteiger partial charge in [-0.05, 0) is 33.2 Å². The van der Waals surface area contributed by atoms with E-state index in [2.05, 4.69) is 46.6 Å². The van der Waals surface area contributed by atoms with Crippen LogP contribution in [0.3, 0.4) is 0 Å². The number of aliphatic hydroxyl groups is 1. The monoisotopic (exact) mass is 344 g/mol. The summed E-state index contributed by atoms with van der Waals surface area (Å²) in [6.07, 6.45) is 0. The molecule has 0 heterocycles. The van der Waals surface area contributed by atoms with Crippen molar-refractivity contribution in [2.24, 2.45) is 10.8 Å². The number of amides is 1. The number of carbonyl (C=O) groups is 1. The van der Waals surface area contributed by atoms with E-state index in [-0.39, 0.29) is 23.5 Å². The van der Waals surface area contributed by atoms with E-state index in [1.165, 1.54) is 0 Å². The van der Waals surface area contributed by atoms with Crippen molar-refractivity contribution in [2.45, 2.75) is 60.9 Å². The van der Waals surface area contributed by atoms with Crippen molar-refractivity contribution in [2.75, 3.05) is 46.5 Å². The molecule has 0 aliphatic heterocycles. The predicted octanol–water partition coefficient (Wildman–Crippen LogP) is 2.63. The SMILES string of the molecule is CN(CC(C)(C)CN(CCOCCO)C(=O)C(C)(C)C)C(C)(C)C. The zero-order chi connectivity index (χ0) is 19.2. The number of rotatable bonds is 9. The quantitative estimate of drug-likeness (QED) is 0.653. The largest absolute Gasteiger partial charge is 0.394 e. The minimum atomic E-state index is -0.414. The standard InChI is InChI=1S/C19H40N2O3/c1-17(2,3)16(23)21(10-12-24-13-11-22)15-19(7,8)14-20(9)18(4,5)6/h22H,10-15H2,1-9H3. The Balaban J connectivity index is 4.98. The van der Waals surface area contributed by atoms with Crippen molar-refractivity contribution in [1.82, 2.24) is 9.80 Å². The molecule has 0 saturated heterocycles. The van der Waals surface area contributed by atoms with Crippen molar-refractivity contribution >= 4 is 5.91 Å². The summed E-state index contributed by atoms with van der Waals surface area (Å²) in [6.45, 7) is 19.8. The first-order chi connectivity index (χ1) is 10.7. The molecule has 5 nitrogen and oxygen atoms in total. The van der Waals surface area contributed by atoms with E-state index in [0.29, 0.717) is 26.3 Å². The van der Waals surface area contributed by atoms with Crippen LogP contribution in [0.5, 0.6) is 0 Å². The van der Waals surface area contributed by atoms with Crippen LogP contribution in [-0.4, -0.2) is 72.9 Å². The third-order valence-electron chi connectivity index (χ3n) is 4.10. The molecule has 0 aromatic rings. The smallest absolute Gasteiger partial charge is 0.228 e. The van der Waals surface area contributed by atoms with Crippen molar-refractivity contribution in [3.05, 3.63) is 0 Å². The first kappa shape index (κ1) is 23.4. The van der Waals surface area contributed by atoms with Crippen LogP contribution in [0.15, 0.2) is 0 Å². The van der Waals surface area contributed by atoms with E-state index in [4.69, 9.17) is 9.84 Å². The maximum absolute atomic E-state index is 12.8. The summed E-state index contributed by atoms with van der Waals surface area (Å²) in [5.41, 5.74) is -0.344. The molecule has 144 valence electrons. The highest BCUT2D eigenvalue weighted by Gasteiger charge is 2.33. The Bertz CT molecular complexity index is 381. The Morgan fingerprint density at radius 2 is 1.50 bits per heavy atom. The second kappa shape index (κ2) is 9.16. The average molecular weight is 345 g/mol. The lowest BCUT2D eigenvalue weighted by molar-refractivity contribution is -0.142. The molecule has 0 aliphatic carbocycles. The summed E-state index contributed by atoms with van der Waals surface area (Å²) in [7, 11) is 2.13. The number of aliphatic hydroxyl groups excluding tert-OH is 1. The van der Waals surface area contributed by atoms with Crippen LogP contribution in [0.2, 0.25) is 0 Å². The molecular formula is C19H40N2O3. The molecule has 0 aromatic carbocycles. The van der Waals surface area contributed by atoms with E-state index >= 15 is 0 Å². The van der Waals surface area contributed by atoms with Crippen molar-refractivity contribution in [1.29, 1.82) is 0 Å². The second-order valence-corrected chi connectivity index (χ2v) is 9.50. The Kier molecular flexibility index (Phi) is 8.91. The van der Waals surface area contributed by atoms with E-state index in [9.17, 15) is 4.79 Å². The van der Waals surface area contributed by atoms with E-state index in [0.717, 1.165) is 6.54 Å². The number of hydrogen-bond acceptors (Lipinski definition) is 4. The zero-order valence-electron chi connectivity index (χ0n) is 17.4. The molecule has 0 bridgehead atoms. The minimum Gasteiger partial charge on any atom is -0.394 e. The Labute approximate surface area is 149 Å². The topological polar surface area (TPSA) is 53.0 Å². The highest BCUT2D eigenvalue weighted by molar-refractivity contribution is 5.81. The molecule has 1 amide bonds. The Hall–Kier alpha value is -0.650. The molecule has 0 unspecified atom stereocenters. The van der Waals surface area contributed by atoms with Crippen LogP contribution in [0.1, 0.15) is 55.4 Å². The van der Waals surface area contributed by atoms with Crippen molar-refractivity contribution in [3.8, 4) is 0 Å². The summed E-state index contributed by atoms with van der Waals surface area (Å²) in [6, 6.07) is 0. The van der Waals surface area contributed by atoms with Crippen molar-refractivity contribution < 1.29 is 14.6 Å². The molecule has 0 saturated carbocycles. The maximum atomic E-state index is 12.8. The molecule has 5 heteroatoms. The van der Waals surface area contributed by atoms with Gasteiger partial charge in [-0.1, -0.05) is 34.6 Å². The van der Waals surface area contributed by atoms with Gasteiger partial charge in [0.05, 0.1) is 19.8 Å². The summed E-state index contributed by atoms with van der Waals surface area (Å²) in [4.78, 5) is 17.0. The minimum absolute atomic E-state index is 0.00902. The number of hydrogen-bond donors (Lipinski definition) is 1. The van der Waals surface area contributed by atoms with Crippen LogP contribution in [-0.2, 0) is 9.53 Å². The molecule has 0 aliphatic rings. The van der Waals surface area contributed by atoms with Gasteiger partial charge in [0.15, 0.2) is 0 Å².